The molecule has 0 aliphatic heterocycles. The number of anilines is 1. The Bertz CT molecular complexity index is 609. The minimum absolute atomic E-state index is 0.289. The van der Waals surface area contributed by atoms with Crippen LogP contribution in [0.3, 0.4) is 0 Å². The summed E-state index contributed by atoms with van der Waals surface area (Å²) >= 11 is 5.92. The highest BCUT2D eigenvalue weighted by molar-refractivity contribution is 6.31. The number of rotatable bonds is 4. The number of halogens is 1. The summed E-state index contributed by atoms with van der Waals surface area (Å²) in [4.78, 5) is 16.2. The number of hydrogen-bond acceptors (Lipinski definition) is 4. The van der Waals surface area contributed by atoms with E-state index in [1.54, 1.807) is 23.6 Å². The molecule has 0 saturated heterocycles. The van der Waals surface area contributed by atoms with Gasteiger partial charge in [-0.2, -0.15) is 0 Å². The molecule has 102 valence electrons. The normalized spacial score (nSPS) is 12.6. The zero-order valence-corrected chi connectivity index (χ0v) is 11.6. The van der Waals surface area contributed by atoms with Crippen molar-refractivity contribution in [3.8, 4) is 0 Å². The molecule has 1 aromatic heterocycles. The SMILES string of the molecule is CCOC(=O)C(CC)n1c(N)nc2cc(Cl)ccc21. The maximum absolute atomic E-state index is 12.0. The topological polar surface area (TPSA) is 70.1 Å². The second-order valence-corrected chi connectivity index (χ2v) is 4.59. The third-order valence-corrected chi connectivity index (χ3v) is 3.17. The lowest BCUT2D eigenvalue weighted by Crippen LogP contribution is -2.22. The quantitative estimate of drug-likeness (QED) is 0.875. The van der Waals surface area contributed by atoms with Gasteiger partial charge in [0.05, 0.1) is 17.6 Å². The van der Waals surface area contributed by atoms with Gasteiger partial charge in [-0.15, -0.1) is 0 Å². The molecule has 0 amide bonds. The van der Waals surface area contributed by atoms with Crippen LogP contribution in [-0.4, -0.2) is 22.1 Å². The second-order valence-electron chi connectivity index (χ2n) is 4.15. The van der Waals surface area contributed by atoms with E-state index in [1.807, 2.05) is 13.0 Å². The average molecular weight is 282 g/mol. The van der Waals surface area contributed by atoms with Crippen molar-refractivity contribution in [1.29, 1.82) is 0 Å². The van der Waals surface area contributed by atoms with Gasteiger partial charge in [-0.05, 0) is 31.5 Å². The molecular weight excluding hydrogens is 266 g/mol. The Kier molecular flexibility index (Phi) is 3.95. The standard InChI is InChI=1S/C13H16ClN3O2/c1-3-10(12(18)19-4-2)17-11-6-5-8(14)7-9(11)16-13(17)15/h5-7,10H,3-4H2,1-2H3,(H2,15,16). The van der Waals surface area contributed by atoms with Crippen LogP contribution in [0.2, 0.25) is 5.02 Å². The number of esters is 1. The van der Waals surface area contributed by atoms with Crippen LogP contribution in [-0.2, 0) is 9.53 Å². The Labute approximate surface area is 116 Å². The highest BCUT2D eigenvalue weighted by atomic mass is 35.5. The fourth-order valence-electron chi connectivity index (χ4n) is 2.11. The highest BCUT2D eigenvalue weighted by Gasteiger charge is 2.24. The van der Waals surface area contributed by atoms with E-state index in [1.165, 1.54) is 0 Å². The van der Waals surface area contributed by atoms with Crippen molar-refractivity contribution < 1.29 is 9.53 Å². The number of nitrogens with zero attached hydrogens (tertiary/aromatic N) is 2. The highest BCUT2D eigenvalue weighted by Crippen LogP contribution is 2.27. The van der Waals surface area contributed by atoms with Gasteiger partial charge in [0.15, 0.2) is 0 Å². The number of ether oxygens (including phenoxy) is 1. The summed E-state index contributed by atoms with van der Waals surface area (Å²) in [6.45, 7) is 4.02. The van der Waals surface area contributed by atoms with Gasteiger partial charge in [0, 0.05) is 5.02 Å². The van der Waals surface area contributed by atoms with E-state index in [0.29, 0.717) is 23.6 Å². The molecule has 1 unspecified atom stereocenters. The molecule has 0 bridgehead atoms. The molecule has 0 saturated carbocycles. The summed E-state index contributed by atoms with van der Waals surface area (Å²) in [7, 11) is 0. The summed E-state index contributed by atoms with van der Waals surface area (Å²) in [5, 5.41) is 0.585. The van der Waals surface area contributed by atoms with E-state index in [9.17, 15) is 4.79 Å². The molecule has 5 nitrogen and oxygen atoms in total. The average Bonchev–Trinajstić information content (AvgIpc) is 2.67. The number of nitrogens with two attached hydrogens (primary N) is 1. The fraction of sp³-hybridized carbons (Fsp3) is 0.385. The van der Waals surface area contributed by atoms with Crippen molar-refractivity contribution in [2.45, 2.75) is 26.3 Å². The zero-order valence-electron chi connectivity index (χ0n) is 10.9. The van der Waals surface area contributed by atoms with Crippen molar-refractivity contribution in [1.82, 2.24) is 9.55 Å². The predicted molar refractivity (Wildman–Crippen MR) is 75.1 cm³/mol. The minimum atomic E-state index is -0.467. The molecule has 0 fully saturated rings. The van der Waals surface area contributed by atoms with E-state index in [2.05, 4.69) is 4.98 Å². The second kappa shape index (κ2) is 5.48. The van der Waals surface area contributed by atoms with Crippen LogP contribution in [0.1, 0.15) is 26.3 Å². The molecule has 1 aromatic carbocycles. The Hall–Kier alpha value is -1.75. The Morgan fingerprint density at radius 2 is 2.26 bits per heavy atom. The van der Waals surface area contributed by atoms with Crippen molar-refractivity contribution >= 4 is 34.6 Å². The van der Waals surface area contributed by atoms with E-state index < -0.39 is 6.04 Å². The zero-order chi connectivity index (χ0) is 14.0. The van der Waals surface area contributed by atoms with E-state index >= 15 is 0 Å². The largest absolute Gasteiger partial charge is 0.464 e. The first-order valence-electron chi connectivity index (χ1n) is 6.18. The van der Waals surface area contributed by atoms with Crippen LogP contribution in [0.4, 0.5) is 5.95 Å². The van der Waals surface area contributed by atoms with Gasteiger partial charge < -0.3 is 10.5 Å². The number of carbonyl (C=O) groups is 1. The van der Waals surface area contributed by atoms with E-state index in [-0.39, 0.29) is 11.9 Å². The number of imidazole rings is 1. The molecule has 0 aliphatic rings. The number of hydrogen-bond donors (Lipinski definition) is 1. The Balaban J connectivity index is 2.53. The number of carbonyl (C=O) groups excluding carboxylic acids is 1. The molecule has 2 N–H and O–H groups in total. The molecule has 0 aliphatic carbocycles. The van der Waals surface area contributed by atoms with Crippen LogP contribution in [0.15, 0.2) is 18.2 Å². The lowest BCUT2D eigenvalue weighted by atomic mass is 10.2. The van der Waals surface area contributed by atoms with Crippen molar-refractivity contribution in [2.24, 2.45) is 0 Å². The molecule has 6 heteroatoms. The monoisotopic (exact) mass is 281 g/mol. The van der Waals surface area contributed by atoms with Crippen LogP contribution in [0.25, 0.3) is 11.0 Å². The van der Waals surface area contributed by atoms with Gasteiger partial charge in [0.25, 0.3) is 0 Å². The van der Waals surface area contributed by atoms with Gasteiger partial charge in [0.1, 0.15) is 6.04 Å². The van der Waals surface area contributed by atoms with Gasteiger partial charge >= 0.3 is 5.97 Å². The van der Waals surface area contributed by atoms with E-state index in [4.69, 9.17) is 22.1 Å². The third-order valence-electron chi connectivity index (χ3n) is 2.94. The van der Waals surface area contributed by atoms with Gasteiger partial charge in [-0.25, -0.2) is 9.78 Å². The van der Waals surface area contributed by atoms with Crippen LogP contribution < -0.4 is 5.73 Å². The number of fused-ring (bicyclic) bond motifs is 1. The molecule has 1 heterocycles. The Morgan fingerprint density at radius 3 is 2.89 bits per heavy atom. The molecular formula is C13H16ClN3O2. The number of benzene rings is 1. The first-order chi connectivity index (χ1) is 9.08. The van der Waals surface area contributed by atoms with Crippen molar-refractivity contribution in [3.63, 3.8) is 0 Å². The Morgan fingerprint density at radius 1 is 1.53 bits per heavy atom. The summed E-state index contributed by atoms with van der Waals surface area (Å²) in [5.41, 5.74) is 7.37. The van der Waals surface area contributed by atoms with Gasteiger partial charge in [-0.3, -0.25) is 4.57 Å². The fourth-order valence-corrected chi connectivity index (χ4v) is 2.28. The minimum Gasteiger partial charge on any atom is -0.464 e. The molecule has 2 aromatic rings. The number of aromatic nitrogens is 2. The molecule has 1 atom stereocenters. The summed E-state index contributed by atoms with van der Waals surface area (Å²) in [6.07, 6.45) is 0.580. The van der Waals surface area contributed by atoms with Crippen LogP contribution >= 0.6 is 11.6 Å². The molecule has 0 spiro atoms. The first kappa shape index (κ1) is 13.7. The summed E-state index contributed by atoms with van der Waals surface area (Å²) in [5.74, 6) is -0.0110. The summed E-state index contributed by atoms with van der Waals surface area (Å²) < 4.78 is 6.78. The van der Waals surface area contributed by atoms with Crippen molar-refractivity contribution in [2.75, 3.05) is 12.3 Å². The number of nitrogen functional groups attached to an aromatic ring is 1. The predicted octanol–water partition coefficient (Wildman–Crippen LogP) is 2.79. The molecule has 19 heavy (non-hydrogen) atoms. The van der Waals surface area contributed by atoms with Crippen LogP contribution in [0, 0.1) is 0 Å². The van der Waals surface area contributed by atoms with Crippen LogP contribution in [0.5, 0.6) is 0 Å². The smallest absolute Gasteiger partial charge is 0.329 e. The molecule has 0 radical (unpaired) electrons. The van der Waals surface area contributed by atoms with Crippen molar-refractivity contribution in [3.05, 3.63) is 23.2 Å². The van der Waals surface area contributed by atoms with Gasteiger partial charge in [0.2, 0.25) is 5.95 Å². The molecule has 2 rings (SSSR count). The first-order valence-corrected chi connectivity index (χ1v) is 6.55. The van der Waals surface area contributed by atoms with Gasteiger partial charge in [-0.1, -0.05) is 18.5 Å². The lowest BCUT2D eigenvalue weighted by molar-refractivity contribution is -0.147. The maximum Gasteiger partial charge on any atom is 0.329 e. The lowest BCUT2D eigenvalue weighted by Gasteiger charge is -2.17. The van der Waals surface area contributed by atoms with E-state index in [0.717, 1.165) is 5.52 Å². The summed E-state index contributed by atoms with van der Waals surface area (Å²) in [6, 6.07) is 4.82. The third kappa shape index (κ3) is 2.51. The maximum atomic E-state index is 12.0.